The van der Waals surface area contributed by atoms with E-state index in [9.17, 15) is 4.79 Å². The molecule has 0 spiro atoms. The minimum Gasteiger partial charge on any atom is -0.481 e. The standard InChI is InChI=1S/C16H25N5O2/c1-23-15-11-14(17-12-18-15)19-16(22)21-9-7-20(8-10-21)13-5-3-2-4-6-13/h11-13H,2-10H2,1H3,(H,17,18,19,22). The van der Waals surface area contributed by atoms with Gasteiger partial charge in [-0.25, -0.2) is 14.8 Å². The lowest BCUT2D eigenvalue weighted by Crippen LogP contribution is -2.53. The van der Waals surface area contributed by atoms with Crippen LogP contribution in [-0.2, 0) is 0 Å². The molecule has 2 aliphatic rings. The molecule has 7 nitrogen and oxygen atoms in total. The van der Waals surface area contributed by atoms with Gasteiger partial charge in [-0.05, 0) is 12.8 Å². The SMILES string of the molecule is COc1cc(NC(=O)N2CCN(C3CCCCC3)CC2)ncn1. The van der Waals surface area contributed by atoms with Gasteiger partial charge in [0.25, 0.3) is 0 Å². The highest BCUT2D eigenvalue weighted by molar-refractivity contribution is 5.88. The largest absolute Gasteiger partial charge is 0.481 e. The van der Waals surface area contributed by atoms with Gasteiger partial charge in [-0.1, -0.05) is 19.3 Å². The molecule has 23 heavy (non-hydrogen) atoms. The second-order valence-corrected chi connectivity index (χ2v) is 6.19. The molecule has 2 fully saturated rings. The molecule has 1 aliphatic heterocycles. The zero-order chi connectivity index (χ0) is 16.1. The van der Waals surface area contributed by atoms with Crippen LogP contribution in [0.15, 0.2) is 12.4 Å². The quantitative estimate of drug-likeness (QED) is 0.922. The van der Waals surface area contributed by atoms with Gasteiger partial charge in [0.15, 0.2) is 0 Å². The summed E-state index contributed by atoms with van der Waals surface area (Å²) >= 11 is 0. The van der Waals surface area contributed by atoms with Gasteiger partial charge in [0, 0.05) is 38.3 Å². The minimum absolute atomic E-state index is 0.103. The number of nitrogens with zero attached hydrogens (tertiary/aromatic N) is 4. The first-order valence-electron chi connectivity index (χ1n) is 8.42. The number of anilines is 1. The molecule has 1 aromatic rings. The molecule has 1 saturated heterocycles. The maximum atomic E-state index is 12.3. The van der Waals surface area contributed by atoms with E-state index < -0.39 is 0 Å². The van der Waals surface area contributed by atoms with Crippen molar-refractivity contribution in [2.24, 2.45) is 0 Å². The van der Waals surface area contributed by atoms with Gasteiger partial charge in [-0.15, -0.1) is 0 Å². The Morgan fingerprint density at radius 1 is 1.17 bits per heavy atom. The number of hydrogen-bond acceptors (Lipinski definition) is 5. The summed E-state index contributed by atoms with van der Waals surface area (Å²) in [7, 11) is 1.54. The zero-order valence-electron chi connectivity index (χ0n) is 13.7. The van der Waals surface area contributed by atoms with E-state index in [1.807, 2.05) is 4.90 Å². The number of aromatic nitrogens is 2. The maximum Gasteiger partial charge on any atom is 0.323 e. The van der Waals surface area contributed by atoms with E-state index in [0.717, 1.165) is 32.2 Å². The molecule has 1 aromatic heterocycles. The smallest absolute Gasteiger partial charge is 0.323 e. The Morgan fingerprint density at radius 2 is 1.91 bits per heavy atom. The van der Waals surface area contributed by atoms with Crippen LogP contribution in [0.5, 0.6) is 5.88 Å². The summed E-state index contributed by atoms with van der Waals surface area (Å²) < 4.78 is 5.04. The Kier molecular flexibility index (Phi) is 5.27. The lowest BCUT2D eigenvalue weighted by atomic mass is 9.94. The summed E-state index contributed by atoms with van der Waals surface area (Å²) in [4.78, 5) is 24.7. The number of piperazine rings is 1. The molecule has 0 atom stereocenters. The van der Waals surface area contributed by atoms with E-state index in [2.05, 4.69) is 20.2 Å². The van der Waals surface area contributed by atoms with Crippen molar-refractivity contribution in [1.82, 2.24) is 19.8 Å². The molecule has 1 aliphatic carbocycles. The average Bonchev–Trinajstić information content (AvgIpc) is 2.63. The third-order valence-electron chi connectivity index (χ3n) is 4.78. The van der Waals surface area contributed by atoms with Crippen LogP contribution in [0.3, 0.4) is 0 Å². The molecule has 0 bridgehead atoms. The van der Waals surface area contributed by atoms with Crippen LogP contribution in [0.1, 0.15) is 32.1 Å². The Hall–Kier alpha value is -1.89. The zero-order valence-corrected chi connectivity index (χ0v) is 13.7. The maximum absolute atomic E-state index is 12.3. The van der Waals surface area contributed by atoms with Crippen LogP contribution in [0.2, 0.25) is 0 Å². The van der Waals surface area contributed by atoms with Crippen LogP contribution < -0.4 is 10.1 Å². The number of carbonyl (C=O) groups excluding carboxylic acids is 1. The predicted molar refractivity (Wildman–Crippen MR) is 87.6 cm³/mol. The second-order valence-electron chi connectivity index (χ2n) is 6.19. The third kappa shape index (κ3) is 4.10. The molecular weight excluding hydrogens is 294 g/mol. The lowest BCUT2D eigenvalue weighted by Gasteiger charge is -2.40. The van der Waals surface area contributed by atoms with E-state index >= 15 is 0 Å². The third-order valence-corrected chi connectivity index (χ3v) is 4.78. The minimum atomic E-state index is -0.103. The molecule has 1 N–H and O–H groups in total. The fraction of sp³-hybridized carbons (Fsp3) is 0.688. The molecule has 0 aromatic carbocycles. The van der Waals surface area contributed by atoms with Crippen molar-refractivity contribution in [1.29, 1.82) is 0 Å². The molecule has 0 unspecified atom stereocenters. The summed E-state index contributed by atoms with van der Waals surface area (Å²) in [6, 6.07) is 2.24. The Labute approximate surface area is 137 Å². The first-order valence-corrected chi connectivity index (χ1v) is 8.42. The van der Waals surface area contributed by atoms with Crippen molar-refractivity contribution in [2.75, 3.05) is 38.6 Å². The average molecular weight is 319 g/mol. The Balaban J connectivity index is 1.49. The molecule has 2 amide bonds. The first-order chi connectivity index (χ1) is 11.3. The molecule has 3 rings (SSSR count). The highest BCUT2D eigenvalue weighted by Gasteiger charge is 2.27. The summed E-state index contributed by atoms with van der Waals surface area (Å²) in [6.07, 6.45) is 8.08. The van der Waals surface area contributed by atoms with Gasteiger partial charge < -0.3 is 9.64 Å². The number of nitrogens with one attached hydrogen (secondary N) is 1. The lowest BCUT2D eigenvalue weighted by molar-refractivity contribution is 0.0943. The number of carbonyl (C=O) groups is 1. The van der Waals surface area contributed by atoms with E-state index in [4.69, 9.17) is 4.74 Å². The van der Waals surface area contributed by atoms with Crippen LogP contribution >= 0.6 is 0 Å². The molecular formula is C16H25N5O2. The summed E-state index contributed by atoms with van der Waals surface area (Å²) in [5, 5.41) is 2.82. The Bertz CT molecular complexity index is 525. The van der Waals surface area contributed by atoms with Crippen molar-refractivity contribution in [3.05, 3.63) is 12.4 Å². The molecule has 2 heterocycles. The van der Waals surface area contributed by atoms with Crippen molar-refractivity contribution in [3.8, 4) is 5.88 Å². The summed E-state index contributed by atoms with van der Waals surface area (Å²) in [6.45, 7) is 3.46. The van der Waals surface area contributed by atoms with Gasteiger partial charge >= 0.3 is 6.03 Å². The normalized spacial score (nSPS) is 20.3. The number of urea groups is 1. The van der Waals surface area contributed by atoms with E-state index in [1.165, 1.54) is 38.4 Å². The number of methoxy groups -OCH3 is 1. The van der Waals surface area contributed by atoms with E-state index in [-0.39, 0.29) is 6.03 Å². The molecule has 7 heteroatoms. The fourth-order valence-electron chi connectivity index (χ4n) is 3.44. The highest BCUT2D eigenvalue weighted by Crippen LogP contribution is 2.23. The number of ether oxygens (including phenoxy) is 1. The van der Waals surface area contributed by atoms with Crippen LogP contribution in [0.4, 0.5) is 10.6 Å². The van der Waals surface area contributed by atoms with Crippen molar-refractivity contribution in [2.45, 2.75) is 38.1 Å². The van der Waals surface area contributed by atoms with Crippen LogP contribution in [0.25, 0.3) is 0 Å². The van der Waals surface area contributed by atoms with Gasteiger partial charge in [0.05, 0.1) is 7.11 Å². The van der Waals surface area contributed by atoms with Crippen molar-refractivity contribution in [3.63, 3.8) is 0 Å². The Morgan fingerprint density at radius 3 is 2.61 bits per heavy atom. The van der Waals surface area contributed by atoms with Crippen LogP contribution in [-0.4, -0.2) is 65.1 Å². The van der Waals surface area contributed by atoms with Crippen molar-refractivity contribution >= 4 is 11.8 Å². The number of rotatable bonds is 3. The summed E-state index contributed by atoms with van der Waals surface area (Å²) in [5.74, 6) is 0.911. The molecule has 126 valence electrons. The van der Waals surface area contributed by atoms with Crippen LogP contribution in [0, 0.1) is 0 Å². The van der Waals surface area contributed by atoms with Crippen molar-refractivity contribution < 1.29 is 9.53 Å². The van der Waals surface area contributed by atoms with Gasteiger partial charge in [0.2, 0.25) is 5.88 Å². The van der Waals surface area contributed by atoms with E-state index in [0.29, 0.717) is 11.7 Å². The monoisotopic (exact) mass is 319 g/mol. The topological polar surface area (TPSA) is 70.6 Å². The predicted octanol–water partition coefficient (Wildman–Crippen LogP) is 1.97. The summed E-state index contributed by atoms with van der Waals surface area (Å²) in [5.41, 5.74) is 0. The van der Waals surface area contributed by atoms with Gasteiger partial charge in [-0.3, -0.25) is 10.2 Å². The number of amides is 2. The fourth-order valence-corrected chi connectivity index (χ4v) is 3.44. The second kappa shape index (κ2) is 7.59. The molecule has 0 radical (unpaired) electrons. The number of hydrogen-bond donors (Lipinski definition) is 1. The van der Waals surface area contributed by atoms with Gasteiger partial charge in [-0.2, -0.15) is 0 Å². The first kappa shape index (κ1) is 16.0. The van der Waals surface area contributed by atoms with E-state index in [1.54, 1.807) is 13.2 Å². The highest BCUT2D eigenvalue weighted by atomic mass is 16.5. The van der Waals surface area contributed by atoms with Gasteiger partial charge in [0.1, 0.15) is 12.1 Å². The molecule has 1 saturated carbocycles.